The van der Waals surface area contributed by atoms with Gasteiger partial charge in [0, 0.05) is 0 Å². The number of nitrogens with two attached hydrogens (primary N) is 2. The lowest BCUT2D eigenvalue weighted by Gasteiger charge is -2.03. The number of rotatable bonds is 2. The zero-order valence-electron chi connectivity index (χ0n) is 7.24. The van der Waals surface area contributed by atoms with Gasteiger partial charge in [0.05, 0.1) is 5.70 Å². The maximum absolute atomic E-state index is 11.0. The average molecular weight is 304 g/mol. The smallest absolute Gasteiger partial charge is 0.364 e. The van der Waals surface area contributed by atoms with E-state index in [0.717, 1.165) is 5.56 Å². The van der Waals surface area contributed by atoms with E-state index < -0.39 is 5.97 Å². The Kier molecular flexibility index (Phi) is 3.90. The number of halogens is 1. The molecule has 0 bridgehead atoms. The van der Waals surface area contributed by atoms with Crippen LogP contribution in [0, 0.1) is 0 Å². The minimum atomic E-state index is -0.632. The minimum absolute atomic E-state index is 0.274. The highest BCUT2D eigenvalue weighted by molar-refractivity contribution is 14.1. The molecule has 0 aliphatic heterocycles. The van der Waals surface area contributed by atoms with Gasteiger partial charge >= 0.3 is 5.97 Å². The SMILES string of the molecule is NOC(=O)/C(I)=C(\N)c1ccccc1. The van der Waals surface area contributed by atoms with E-state index >= 15 is 0 Å². The molecular weight excluding hydrogens is 295 g/mol. The molecule has 1 aromatic rings. The molecule has 0 amide bonds. The molecule has 0 radical (unpaired) electrons. The summed E-state index contributed by atoms with van der Waals surface area (Å²) < 4.78 is 0.274. The largest absolute Gasteiger partial charge is 0.397 e. The topological polar surface area (TPSA) is 78.3 Å². The fourth-order valence-corrected chi connectivity index (χ4v) is 1.34. The van der Waals surface area contributed by atoms with Crippen LogP contribution in [-0.4, -0.2) is 5.97 Å². The molecular formula is C9H9IN2O2. The van der Waals surface area contributed by atoms with Crippen LogP contribution in [0.25, 0.3) is 5.70 Å². The summed E-state index contributed by atoms with van der Waals surface area (Å²) in [6.07, 6.45) is 0. The van der Waals surface area contributed by atoms with Crippen LogP contribution in [0.15, 0.2) is 33.9 Å². The summed E-state index contributed by atoms with van der Waals surface area (Å²) in [5.41, 5.74) is 6.86. The van der Waals surface area contributed by atoms with E-state index in [0.29, 0.717) is 5.70 Å². The molecule has 0 aliphatic carbocycles. The van der Waals surface area contributed by atoms with Crippen LogP contribution < -0.4 is 11.6 Å². The second-order valence-electron chi connectivity index (χ2n) is 2.50. The zero-order valence-corrected chi connectivity index (χ0v) is 9.39. The van der Waals surface area contributed by atoms with Crippen LogP contribution >= 0.6 is 22.6 Å². The second-order valence-corrected chi connectivity index (χ2v) is 3.58. The molecule has 5 heteroatoms. The first-order chi connectivity index (χ1) is 6.66. The van der Waals surface area contributed by atoms with Crippen LogP contribution in [0.1, 0.15) is 5.56 Å². The van der Waals surface area contributed by atoms with Crippen molar-refractivity contribution >= 4 is 34.3 Å². The van der Waals surface area contributed by atoms with Crippen molar-refractivity contribution in [3.8, 4) is 0 Å². The van der Waals surface area contributed by atoms with Crippen LogP contribution in [0.2, 0.25) is 0 Å². The lowest BCUT2D eigenvalue weighted by atomic mass is 10.1. The van der Waals surface area contributed by atoms with Gasteiger partial charge < -0.3 is 10.6 Å². The van der Waals surface area contributed by atoms with E-state index in [1.165, 1.54) is 0 Å². The Morgan fingerprint density at radius 2 is 1.86 bits per heavy atom. The van der Waals surface area contributed by atoms with Gasteiger partial charge in [0.15, 0.2) is 0 Å². The summed E-state index contributed by atoms with van der Waals surface area (Å²) in [5, 5.41) is 0. The van der Waals surface area contributed by atoms with Crippen LogP contribution in [-0.2, 0) is 9.63 Å². The molecule has 0 atom stereocenters. The molecule has 0 fully saturated rings. The van der Waals surface area contributed by atoms with Crippen molar-refractivity contribution in [2.45, 2.75) is 0 Å². The number of carbonyl (C=O) groups is 1. The van der Waals surface area contributed by atoms with Crippen molar-refractivity contribution in [2.75, 3.05) is 0 Å². The first-order valence-corrected chi connectivity index (χ1v) is 4.86. The predicted molar refractivity (Wildman–Crippen MR) is 61.8 cm³/mol. The van der Waals surface area contributed by atoms with Crippen molar-refractivity contribution in [1.82, 2.24) is 0 Å². The molecule has 0 saturated carbocycles. The third-order valence-corrected chi connectivity index (χ3v) is 2.63. The molecule has 0 unspecified atom stereocenters. The van der Waals surface area contributed by atoms with Crippen molar-refractivity contribution in [1.29, 1.82) is 0 Å². The molecule has 0 aromatic heterocycles. The van der Waals surface area contributed by atoms with Gasteiger partial charge in [-0.05, 0) is 28.2 Å². The molecule has 0 saturated heterocycles. The lowest BCUT2D eigenvalue weighted by molar-refractivity contribution is -0.138. The Morgan fingerprint density at radius 3 is 2.36 bits per heavy atom. The molecule has 1 aromatic carbocycles. The van der Waals surface area contributed by atoms with E-state index in [1.807, 2.05) is 18.2 Å². The van der Waals surface area contributed by atoms with Gasteiger partial charge in [-0.2, -0.15) is 5.90 Å². The summed E-state index contributed by atoms with van der Waals surface area (Å²) in [7, 11) is 0. The van der Waals surface area contributed by atoms with Gasteiger partial charge in [-0.3, -0.25) is 0 Å². The molecule has 4 N–H and O–H groups in total. The minimum Gasteiger partial charge on any atom is -0.397 e. The van der Waals surface area contributed by atoms with Crippen LogP contribution in [0.3, 0.4) is 0 Å². The second kappa shape index (κ2) is 4.97. The monoisotopic (exact) mass is 304 g/mol. The lowest BCUT2D eigenvalue weighted by Crippen LogP contribution is -2.13. The quantitative estimate of drug-likeness (QED) is 0.488. The van der Waals surface area contributed by atoms with Gasteiger partial charge in [0.1, 0.15) is 3.58 Å². The molecule has 4 nitrogen and oxygen atoms in total. The summed E-state index contributed by atoms with van der Waals surface area (Å²) >= 11 is 1.80. The average Bonchev–Trinajstić information content (AvgIpc) is 2.27. The maximum atomic E-state index is 11.0. The zero-order chi connectivity index (χ0) is 10.6. The third kappa shape index (κ3) is 2.46. The molecule has 74 valence electrons. The fourth-order valence-electron chi connectivity index (χ4n) is 0.906. The predicted octanol–water partition coefficient (Wildman–Crippen LogP) is 1.17. The van der Waals surface area contributed by atoms with E-state index in [1.54, 1.807) is 34.7 Å². The number of benzene rings is 1. The Labute approximate surface area is 95.0 Å². The molecule has 1 rings (SSSR count). The van der Waals surface area contributed by atoms with Gasteiger partial charge in [0.25, 0.3) is 0 Å². The Morgan fingerprint density at radius 1 is 1.29 bits per heavy atom. The maximum Gasteiger partial charge on any atom is 0.364 e. The van der Waals surface area contributed by atoms with Crippen LogP contribution in [0.5, 0.6) is 0 Å². The Hall–Kier alpha value is -1.08. The molecule has 0 spiro atoms. The number of carbonyl (C=O) groups excluding carboxylic acids is 1. The van der Waals surface area contributed by atoms with Gasteiger partial charge in [-0.25, -0.2) is 4.79 Å². The first-order valence-electron chi connectivity index (χ1n) is 3.78. The summed E-state index contributed by atoms with van der Waals surface area (Å²) in [6.45, 7) is 0. The Balaban J connectivity index is 3.05. The standard InChI is InChI=1S/C9H9IN2O2/c10-7(9(13)14-12)8(11)6-4-2-1-3-5-6/h1-5H,11-12H2/b8-7+. The van der Waals surface area contributed by atoms with E-state index in [9.17, 15) is 4.79 Å². The normalized spacial score (nSPS) is 11.9. The van der Waals surface area contributed by atoms with Gasteiger partial charge in [-0.1, -0.05) is 30.3 Å². The van der Waals surface area contributed by atoms with Crippen molar-refractivity contribution < 1.29 is 9.63 Å². The number of hydrogen-bond acceptors (Lipinski definition) is 4. The first kappa shape index (κ1) is 11.0. The van der Waals surface area contributed by atoms with Gasteiger partial charge in [0.2, 0.25) is 0 Å². The highest BCUT2D eigenvalue weighted by Crippen LogP contribution is 2.19. The molecule has 0 heterocycles. The van der Waals surface area contributed by atoms with Gasteiger partial charge in [-0.15, -0.1) is 0 Å². The van der Waals surface area contributed by atoms with E-state index in [4.69, 9.17) is 11.6 Å². The van der Waals surface area contributed by atoms with Crippen molar-refractivity contribution in [2.24, 2.45) is 11.6 Å². The summed E-state index contributed by atoms with van der Waals surface area (Å²) in [6, 6.07) is 9.14. The number of hydrogen-bond donors (Lipinski definition) is 2. The molecule has 0 aliphatic rings. The highest BCUT2D eigenvalue weighted by Gasteiger charge is 2.11. The highest BCUT2D eigenvalue weighted by atomic mass is 127. The summed E-state index contributed by atoms with van der Waals surface area (Å²) in [4.78, 5) is 15.1. The molecule has 14 heavy (non-hydrogen) atoms. The van der Waals surface area contributed by atoms with Crippen LogP contribution in [0.4, 0.5) is 0 Å². The van der Waals surface area contributed by atoms with E-state index in [2.05, 4.69) is 4.84 Å². The fraction of sp³-hybridized carbons (Fsp3) is 0. The summed E-state index contributed by atoms with van der Waals surface area (Å²) in [5.74, 6) is 4.11. The van der Waals surface area contributed by atoms with Crippen molar-refractivity contribution in [3.05, 3.63) is 39.5 Å². The Bertz CT molecular complexity index is 362. The third-order valence-electron chi connectivity index (χ3n) is 1.61. The van der Waals surface area contributed by atoms with E-state index in [-0.39, 0.29) is 3.58 Å². The van der Waals surface area contributed by atoms with Crippen molar-refractivity contribution in [3.63, 3.8) is 0 Å².